The molecule has 2 aliphatic rings. The number of aromatic nitrogens is 1. The molecule has 0 spiro atoms. The van der Waals surface area contributed by atoms with Crippen LogP contribution in [0.5, 0.6) is 0 Å². The van der Waals surface area contributed by atoms with Crippen LogP contribution >= 0.6 is 0 Å². The molecule has 2 aliphatic carbocycles. The Labute approximate surface area is 344 Å². The zero-order valence-electron chi connectivity index (χ0n) is 33.3. The van der Waals surface area contributed by atoms with Gasteiger partial charge in [-0.25, -0.2) is 0 Å². The van der Waals surface area contributed by atoms with Gasteiger partial charge in [0.1, 0.15) is 0 Å². The standard InChI is InChI=1S/C57H42N2/c1-57(2)51-23-13-12-21-47(51)48-31-30-43(36-52(48)57)58(55-35-40-15-7-8-18-44(40)46-20-10-11-22-49(46)55)42-28-24-37(25-29-42)39-27-32-53-50(34-39)56-45-19-9-6-14-38(45)26-33-54(56)59(53)41-16-4-3-5-17-41/h3-12,14-22,24-36H,13,23H2,1-2H3. The summed E-state index contributed by atoms with van der Waals surface area (Å²) in [5.74, 6) is 0. The highest BCUT2D eigenvalue weighted by Gasteiger charge is 2.38. The fourth-order valence-corrected chi connectivity index (χ4v) is 10.4. The van der Waals surface area contributed by atoms with E-state index in [1.54, 1.807) is 5.57 Å². The molecule has 0 atom stereocenters. The van der Waals surface area contributed by atoms with Crippen LogP contribution in [0.4, 0.5) is 17.1 Å². The van der Waals surface area contributed by atoms with Crippen LogP contribution in [0, 0.1) is 0 Å². The average molecular weight is 755 g/mol. The van der Waals surface area contributed by atoms with Crippen LogP contribution in [0.1, 0.15) is 37.8 Å². The second-order valence-corrected chi connectivity index (χ2v) is 16.8. The molecule has 0 bridgehead atoms. The molecule has 0 fully saturated rings. The van der Waals surface area contributed by atoms with E-state index in [9.17, 15) is 0 Å². The Hall–Kier alpha value is -7.16. The molecule has 0 radical (unpaired) electrons. The summed E-state index contributed by atoms with van der Waals surface area (Å²) in [6.07, 6.45) is 6.94. The summed E-state index contributed by atoms with van der Waals surface area (Å²) < 4.78 is 2.41. The normalized spacial score (nSPS) is 14.5. The van der Waals surface area contributed by atoms with Crippen molar-refractivity contribution in [1.29, 1.82) is 0 Å². The minimum absolute atomic E-state index is 0.0278. The smallest absolute Gasteiger partial charge is 0.0547 e. The number of hydrogen-bond acceptors (Lipinski definition) is 1. The van der Waals surface area contributed by atoms with Crippen LogP contribution in [-0.2, 0) is 5.41 Å². The maximum Gasteiger partial charge on any atom is 0.0547 e. The molecular formula is C57H42N2. The minimum atomic E-state index is -0.0278. The maximum absolute atomic E-state index is 2.49. The summed E-state index contributed by atoms with van der Waals surface area (Å²) in [5.41, 5.74) is 15.2. The van der Waals surface area contributed by atoms with Gasteiger partial charge in [0.2, 0.25) is 0 Å². The number of fused-ring (bicyclic) bond motifs is 10. The van der Waals surface area contributed by atoms with E-state index in [1.807, 2.05) is 0 Å². The number of anilines is 3. The first kappa shape index (κ1) is 33.9. The third-order valence-corrected chi connectivity index (χ3v) is 13.3. The fraction of sp³-hybridized carbons (Fsp3) is 0.0877. The molecule has 10 aromatic rings. The molecule has 0 saturated heterocycles. The van der Waals surface area contributed by atoms with Crippen molar-refractivity contribution in [2.45, 2.75) is 32.1 Å². The van der Waals surface area contributed by atoms with Gasteiger partial charge in [-0.1, -0.05) is 153 Å². The third kappa shape index (κ3) is 5.12. The largest absolute Gasteiger partial charge is 0.310 e. The van der Waals surface area contributed by atoms with Crippen molar-refractivity contribution in [3.8, 4) is 16.8 Å². The van der Waals surface area contributed by atoms with Crippen LogP contribution < -0.4 is 4.90 Å². The Balaban J connectivity index is 1.04. The van der Waals surface area contributed by atoms with E-state index in [2.05, 4.69) is 217 Å². The summed E-state index contributed by atoms with van der Waals surface area (Å²) in [6.45, 7) is 4.83. The van der Waals surface area contributed by atoms with E-state index < -0.39 is 0 Å². The van der Waals surface area contributed by atoms with Gasteiger partial charge in [-0.3, -0.25) is 0 Å². The van der Waals surface area contributed by atoms with E-state index in [1.165, 1.54) is 99.0 Å². The van der Waals surface area contributed by atoms with Crippen molar-refractivity contribution in [1.82, 2.24) is 4.57 Å². The Kier molecular flexibility index (Phi) is 7.43. The highest BCUT2D eigenvalue weighted by Crippen LogP contribution is 2.52. The summed E-state index contributed by atoms with van der Waals surface area (Å²) in [5, 5.41) is 10.1. The number of benzene rings is 9. The van der Waals surface area contributed by atoms with Gasteiger partial charge in [-0.05, 0) is 128 Å². The summed E-state index contributed by atoms with van der Waals surface area (Å²) in [4.78, 5) is 2.49. The molecule has 0 N–H and O–H groups in total. The molecule has 0 amide bonds. The van der Waals surface area contributed by atoms with E-state index in [4.69, 9.17) is 0 Å². The van der Waals surface area contributed by atoms with Crippen LogP contribution in [0.2, 0.25) is 0 Å². The lowest BCUT2D eigenvalue weighted by Gasteiger charge is -2.30. The van der Waals surface area contributed by atoms with Crippen molar-refractivity contribution >= 4 is 76.8 Å². The zero-order chi connectivity index (χ0) is 39.2. The van der Waals surface area contributed by atoms with Gasteiger partial charge >= 0.3 is 0 Å². The van der Waals surface area contributed by atoms with Crippen LogP contribution in [-0.4, -0.2) is 4.57 Å². The van der Waals surface area contributed by atoms with Crippen molar-refractivity contribution in [2.75, 3.05) is 4.90 Å². The summed E-state index contributed by atoms with van der Waals surface area (Å²) >= 11 is 0. The predicted molar refractivity (Wildman–Crippen MR) is 252 cm³/mol. The van der Waals surface area contributed by atoms with Gasteiger partial charge in [0.15, 0.2) is 0 Å². The van der Waals surface area contributed by atoms with Gasteiger partial charge in [-0.15, -0.1) is 0 Å². The third-order valence-electron chi connectivity index (χ3n) is 13.3. The van der Waals surface area contributed by atoms with Gasteiger partial charge < -0.3 is 9.47 Å². The van der Waals surface area contributed by atoms with Gasteiger partial charge in [0.25, 0.3) is 0 Å². The molecule has 59 heavy (non-hydrogen) atoms. The second-order valence-electron chi connectivity index (χ2n) is 16.8. The molecule has 2 nitrogen and oxygen atoms in total. The van der Waals surface area contributed by atoms with E-state index in [0.29, 0.717) is 0 Å². The second kappa shape index (κ2) is 12.9. The number of hydrogen-bond donors (Lipinski definition) is 0. The van der Waals surface area contributed by atoms with Gasteiger partial charge in [0, 0.05) is 38.6 Å². The molecule has 12 rings (SSSR count). The van der Waals surface area contributed by atoms with Crippen molar-refractivity contribution < 1.29 is 0 Å². The van der Waals surface area contributed by atoms with Gasteiger partial charge in [0.05, 0.1) is 16.7 Å². The number of nitrogens with zero attached hydrogens (tertiary/aromatic N) is 2. The fourth-order valence-electron chi connectivity index (χ4n) is 10.4. The van der Waals surface area contributed by atoms with E-state index >= 15 is 0 Å². The molecule has 280 valence electrons. The lowest BCUT2D eigenvalue weighted by molar-refractivity contribution is 0.607. The number of allylic oxidation sites excluding steroid dienone is 4. The first-order valence-electron chi connectivity index (χ1n) is 20.9. The molecule has 0 saturated carbocycles. The number of para-hydroxylation sites is 1. The van der Waals surface area contributed by atoms with Crippen LogP contribution in [0.25, 0.3) is 76.5 Å². The predicted octanol–water partition coefficient (Wildman–Crippen LogP) is 15.8. The maximum atomic E-state index is 2.49. The Morgan fingerprint density at radius 3 is 2.02 bits per heavy atom. The van der Waals surface area contributed by atoms with Crippen molar-refractivity contribution in [2.24, 2.45) is 0 Å². The monoisotopic (exact) mass is 754 g/mol. The topological polar surface area (TPSA) is 8.17 Å². The van der Waals surface area contributed by atoms with Crippen molar-refractivity contribution in [3.05, 3.63) is 211 Å². The van der Waals surface area contributed by atoms with Crippen LogP contribution in [0.3, 0.4) is 0 Å². The van der Waals surface area contributed by atoms with Crippen LogP contribution in [0.15, 0.2) is 200 Å². The molecular weight excluding hydrogens is 713 g/mol. The first-order chi connectivity index (χ1) is 29.0. The summed E-state index contributed by atoms with van der Waals surface area (Å²) in [6, 6.07) is 67.6. The average Bonchev–Trinajstić information content (AvgIpc) is 3.75. The van der Waals surface area contributed by atoms with Crippen molar-refractivity contribution in [3.63, 3.8) is 0 Å². The molecule has 1 aromatic heterocycles. The molecule has 1 heterocycles. The highest BCUT2D eigenvalue weighted by molar-refractivity contribution is 6.22. The van der Waals surface area contributed by atoms with E-state index in [0.717, 1.165) is 18.5 Å². The Morgan fingerprint density at radius 1 is 0.508 bits per heavy atom. The summed E-state index contributed by atoms with van der Waals surface area (Å²) in [7, 11) is 0. The Morgan fingerprint density at radius 2 is 1.19 bits per heavy atom. The highest BCUT2D eigenvalue weighted by atomic mass is 15.1. The molecule has 9 aromatic carbocycles. The SMILES string of the molecule is CC1(C)C2=C(C=CCC2)c2ccc(N(c3ccc(-c4ccc5c(c4)c4c6ccccc6ccc4n5-c4ccccc4)cc3)c3cc4ccccc4c4ccccc34)cc21. The van der Waals surface area contributed by atoms with Gasteiger partial charge in [-0.2, -0.15) is 0 Å². The zero-order valence-corrected chi connectivity index (χ0v) is 33.3. The minimum Gasteiger partial charge on any atom is -0.310 e. The lowest BCUT2D eigenvalue weighted by atomic mass is 9.78. The first-order valence-corrected chi connectivity index (χ1v) is 20.9. The molecule has 2 heteroatoms. The molecule has 0 aliphatic heterocycles. The lowest BCUT2D eigenvalue weighted by Crippen LogP contribution is -2.19. The quantitative estimate of drug-likeness (QED) is 0.159. The number of rotatable bonds is 5. The molecule has 0 unspecified atom stereocenters. The van der Waals surface area contributed by atoms with E-state index in [-0.39, 0.29) is 5.41 Å². The Bertz CT molecular complexity index is 3400.